The molecule has 0 spiro atoms. The predicted molar refractivity (Wildman–Crippen MR) is 111 cm³/mol. The zero-order valence-corrected chi connectivity index (χ0v) is 17.4. The smallest absolute Gasteiger partial charge is 0.255 e. The highest BCUT2D eigenvalue weighted by Gasteiger charge is 2.30. The fourth-order valence-electron chi connectivity index (χ4n) is 4.16. The van der Waals surface area contributed by atoms with Crippen molar-refractivity contribution in [3.8, 4) is 0 Å². The molecule has 1 aliphatic heterocycles. The number of hydrogen-bond acceptors (Lipinski definition) is 5. The summed E-state index contributed by atoms with van der Waals surface area (Å²) in [6, 6.07) is 3.74. The average molecular weight is 412 g/mol. The first-order valence-electron chi connectivity index (χ1n) is 10.1. The summed E-state index contributed by atoms with van der Waals surface area (Å²) in [5.74, 6) is 0.0674. The first-order chi connectivity index (χ1) is 14.0. The van der Waals surface area contributed by atoms with E-state index in [1.807, 2.05) is 18.5 Å². The Morgan fingerprint density at radius 1 is 1.28 bits per heavy atom. The van der Waals surface area contributed by atoms with E-state index in [1.165, 1.54) is 0 Å². The maximum atomic E-state index is 12.9. The Hall–Kier alpha value is -2.54. The van der Waals surface area contributed by atoms with Crippen LogP contribution in [0.25, 0.3) is 0 Å². The van der Waals surface area contributed by atoms with Gasteiger partial charge >= 0.3 is 0 Å². The van der Waals surface area contributed by atoms with E-state index in [-0.39, 0.29) is 23.5 Å². The molecule has 0 unspecified atom stereocenters. The lowest BCUT2D eigenvalue weighted by Gasteiger charge is -2.33. The van der Waals surface area contributed by atoms with Crippen molar-refractivity contribution >= 4 is 28.9 Å². The molecule has 2 aromatic heterocycles. The van der Waals surface area contributed by atoms with Crippen LogP contribution < -0.4 is 0 Å². The average Bonchev–Trinajstić information content (AvgIpc) is 3.26. The van der Waals surface area contributed by atoms with Crippen molar-refractivity contribution in [1.82, 2.24) is 14.8 Å². The molecule has 4 rings (SSSR count). The highest BCUT2D eigenvalue weighted by Crippen LogP contribution is 2.24. The van der Waals surface area contributed by atoms with Gasteiger partial charge in [-0.25, -0.2) is 0 Å². The molecule has 1 fully saturated rings. The third kappa shape index (κ3) is 4.24. The standard InChI is InChI=1S/C22H25N3O3S/c1-24(13-15-7-10-29-14-15)21(27)16-5-8-25(9-6-16)22(28)17-11-18-19(23-12-17)3-2-4-20(18)26/h7,10-12,14,16H,2-6,8-9,13H2,1H3. The van der Waals surface area contributed by atoms with Gasteiger partial charge in [0.25, 0.3) is 5.91 Å². The molecule has 0 radical (unpaired) electrons. The van der Waals surface area contributed by atoms with Crippen molar-refractivity contribution in [3.63, 3.8) is 0 Å². The van der Waals surface area contributed by atoms with Gasteiger partial charge in [0.15, 0.2) is 5.78 Å². The van der Waals surface area contributed by atoms with E-state index in [9.17, 15) is 14.4 Å². The quantitative estimate of drug-likeness (QED) is 0.775. The normalized spacial score (nSPS) is 17.1. The van der Waals surface area contributed by atoms with Crippen molar-refractivity contribution in [2.75, 3.05) is 20.1 Å². The van der Waals surface area contributed by atoms with Gasteiger partial charge in [0.05, 0.1) is 11.3 Å². The second-order valence-corrected chi connectivity index (χ2v) is 8.67. The Kier molecular flexibility index (Phi) is 5.76. The van der Waals surface area contributed by atoms with Gasteiger partial charge in [-0.2, -0.15) is 11.3 Å². The van der Waals surface area contributed by atoms with Gasteiger partial charge in [-0.1, -0.05) is 0 Å². The number of carbonyl (C=O) groups excluding carboxylic acids is 3. The van der Waals surface area contributed by atoms with Gasteiger partial charge in [0.2, 0.25) is 5.91 Å². The van der Waals surface area contributed by atoms with E-state index in [1.54, 1.807) is 33.4 Å². The second kappa shape index (κ2) is 8.45. The minimum atomic E-state index is -0.101. The van der Waals surface area contributed by atoms with Gasteiger partial charge in [-0.15, -0.1) is 0 Å². The molecule has 0 bridgehead atoms. The molecular weight excluding hydrogens is 386 g/mol. The predicted octanol–water partition coefficient (Wildman–Crippen LogP) is 3.17. The zero-order chi connectivity index (χ0) is 20.4. The molecule has 0 aromatic carbocycles. The molecule has 152 valence electrons. The van der Waals surface area contributed by atoms with Crippen molar-refractivity contribution < 1.29 is 14.4 Å². The molecule has 0 N–H and O–H groups in total. The Morgan fingerprint density at radius 2 is 2.07 bits per heavy atom. The number of likely N-dealkylation sites (tertiary alicyclic amines) is 1. The second-order valence-electron chi connectivity index (χ2n) is 7.89. The Bertz CT molecular complexity index is 917. The van der Waals surface area contributed by atoms with Crippen LogP contribution in [0.2, 0.25) is 0 Å². The van der Waals surface area contributed by atoms with E-state index in [2.05, 4.69) is 10.4 Å². The number of piperidine rings is 1. The molecule has 0 atom stereocenters. The van der Waals surface area contributed by atoms with Crippen molar-refractivity contribution in [2.24, 2.45) is 5.92 Å². The monoisotopic (exact) mass is 411 g/mol. The van der Waals surface area contributed by atoms with Crippen LogP contribution in [0.15, 0.2) is 29.1 Å². The van der Waals surface area contributed by atoms with E-state index < -0.39 is 0 Å². The van der Waals surface area contributed by atoms with Crippen molar-refractivity contribution in [1.29, 1.82) is 0 Å². The number of aryl methyl sites for hydroxylation is 1. The minimum Gasteiger partial charge on any atom is -0.341 e. The van der Waals surface area contributed by atoms with Crippen LogP contribution in [0.1, 0.15) is 57.7 Å². The maximum absolute atomic E-state index is 12.9. The number of rotatable bonds is 4. The lowest BCUT2D eigenvalue weighted by Crippen LogP contribution is -2.43. The molecule has 2 aliphatic rings. The highest BCUT2D eigenvalue weighted by molar-refractivity contribution is 7.07. The van der Waals surface area contributed by atoms with E-state index in [0.29, 0.717) is 50.0 Å². The lowest BCUT2D eigenvalue weighted by molar-refractivity contribution is -0.136. The number of hydrogen-bond donors (Lipinski definition) is 0. The largest absolute Gasteiger partial charge is 0.341 e. The SMILES string of the molecule is CN(Cc1ccsc1)C(=O)C1CCN(C(=O)c2cnc3c(c2)C(=O)CCC3)CC1. The summed E-state index contributed by atoms with van der Waals surface area (Å²) in [7, 11) is 1.84. The summed E-state index contributed by atoms with van der Waals surface area (Å²) in [6.45, 7) is 1.72. The molecule has 1 aliphatic carbocycles. The number of carbonyl (C=O) groups is 3. The molecule has 0 saturated carbocycles. The van der Waals surface area contributed by atoms with Gasteiger partial charge in [0.1, 0.15) is 0 Å². The first kappa shape index (κ1) is 19.8. The molecule has 2 aromatic rings. The van der Waals surface area contributed by atoms with E-state index >= 15 is 0 Å². The fraction of sp³-hybridized carbons (Fsp3) is 0.455. The third-order valence-corrected chi connectivity index (χ3v) is 6.57. The van der Waals surface area contributed by atoms with Gasteiger partial charge in [-0.3, -0.25) is 19.4 Å². The first-order valence-corrected chi connectivity index (χ1v) is 11.0. The van der Waals surface area contributed by atoms with Gasteiger partial charge in [0, 0.05) is 50.8 Å². The van der Waals surface area contributed by atoms with E-state index in [0.717, 1.165) is 24.1 Å². The number of amides is 2. The highest BCUT2D eigenvalue weighted by atomic mass is 32.1. The van der Waals surface area contributed by atoms with Crippen molar-refractivity contribution in [2.45, 2.75) is 38.6 Å². The third-order valence-electron chi connectivity index (χ3n) is 5.84. The molecular formula is C22H25N3O3S. The number of pyridine rings is 1. The van der Waals surface area contributed by atoms with Gasteiger partial charge in [-0.05, 0) is 54.1 Å². The molecule has 3 heterocycles. The molecule has 6 nitrogen and oxygen atoms in total. The summed E-state index contributed by atoms with van der Waals surface area (Å²) in [5.41, 5.74) is 3.02. The number of fused-ring (bicyclic) bond motifs is 1. The van der Waals surface area contributed by atoms with Crippen molar-refractivity contribution in [3.05, 3.63) is 51.5 Å². The summed E-state index contributed by atoms with van der Waals surface area (Å²) in [6.07, 6.45) is 5.06. The van der Waals surface area contributed by atoms with Crippen LogP contribution in [-0.2, 0) is 17.8 Å². The summed E-state index contributed by atoms with van der Waals surface area (Å²) < 4.78 is 0. The molecule has 7 heteroatoms. The number of nitrogens with zero attached hydrogens (tertiary/aromatic N) is 3. The van der Waals surface area contributed by atoms with Crippen LogP contribution in [0.3, 0.4) is 0 Å². The maximum Gasteiger partial charge on any atom is 0.255 e. The number of Topliss-reactive ketones (excluding diaryl/α,β-unsaturated/α-hetero) is 1. The van der Waals surface area contributed by atoms with Crippen LogP contribution in [0, 0.1) is 5.92 Å². The summed E-state index contributed by atoms with van der Waals surface area (Å²) >= 11 is 1.63. The van der Waals surface area contributed by atoms with Crippen LogP contribution in [0.5, 0.6) is 0 Å². The molecule has 1 saturated heterocycles. The lowest BCUT2D eigenvalue weighted by atomic mass is 9.93. The zero-order valence-electron chi connectivity index (χ0n) is 16.6. The van der Waals surface area contributed by atoms with Gasteiger partial charge < -0.3 is 9.80 Å². The summed E-state index contributed by atoms with van der Waals surface area (Å²) in [5, 5.41) is 4.07. The number of aromatic nitrogens is 1. The van der Waals surface area contributed by atoms with E-state index in [4.69, 9.17) is 0 Å². The summed E-state index contributed by atoms with van der Waals surface area (Å²) in [4.78, 5) is 45.7. The number of ketones is 1. The molecule has 29 heavy (non-hydrogen) atoms. The van der Waals surface area contributed by atoms with Crippen LogP contribution in [-0.4, -0.2) is 52.5 Å². The Morgan fingerprint density at radius 3 is 2.79 bits per heavy atom. The van der Waals surface area contributed by atoms with Crippen LogP contribution >= 0.6 is 11.3 Å². The molecule has 2 amide bonds. The Balaban J connectivity index is 1.35. The number of thiophene rings is 1. The topological polar surface area (TPSA) is 70.6 Å². The Labute approximate surface area is 174 Å². The minimum absolute atomic E-state index is 0.0501. The van der Waals surface area contributed by atoms with Crippen LogP contribution in [0.4, 0.5) is 0 Å². The fourth-order valence-corrected chi connectivity index (χ4v) is 4.82.